The summed E-state index contributed by atoms with van der Waals surface area (Å²) in [6.45, 7) is 2.50. The van der Waals surface area contributed by atoms with Gasteiger partial charge in [-0.1, -0.05) is 6.42 Å². The van der Waals surface area contributed by atoms with Crippen molar-refractivity contribution in [1.29, 1.82) is 0 Å². The highest BCUT2D eigenvalue weighted by molar-refractivity contribution is 5.68. The molecule has 0 saturated carbocycles. The molecule has 0 amide bonds. The number of aromatic nitrogens is 2. The van der Waals surface area contributed by atoms with E-state index in [1.54, 1.807) is 6.20 Å². The van der Waals surface area contributed by atoms with Crippen molar-refractivity contribution in [3.8, 4) is 0 Å². The fraction of sp³-hybridized carbons (Fsp3) is 0.600. The summed E-state index contributed by atoms with van der Waals surface area (Å²) in [5.41, 5.74) is 0. The summed E-state index contributed by atoms with van der Waals surface area (Å²) < 4.78 is 0. The molecule has 0 unspecified atom stereocenters. The van der Waals surface area contributed by atoms with Crippen LogP contribution in [0, 0.1) is 0 Å². The molecule has 0 bridgehead atoms. The maximum Gasteiger partial charge on any atom is 0.311 e. The Morgan fingerprint density at radius 1 is 1.40 bits per heavy atom. The first-order valence-electron chi connectivity index (χ1n) is 5.20. The maximum atomic E-state index is 10.0. The van der Waals surface area contributed by atoms with Gasteiger partial charge in [-0.25, -0.2) is 4.98 Å². The number of H-pyrrole nitrogens is 1. The van der Waals surface area contributed by atoms with Gasteiger partial charge >= 0.3 is 5.97 Å². The van der Waals surface area contributed by atoms with Gasteiger partial charge in [0.2, 0.25) is 0 Å². The second-order valence-corrected chi connectivity index (χ2v) is 3.42. The average molecular weight is 211 g/mol. The molecule has 0 spiro atoms. The van der Waals surface area contributed by atoms with E-state index in [1.807, 2.05) is 0 Å². The Bertz CT molecular complexity index is 257. The smallest absolute Gasteiger partial charge is 0.311 e. The highest BCUT2D eigenvalue weighted by Gasteiger charge is 1.99. The Morgan fingerprint density at radius 3 is 2.47 bits per heavy atom. The van der Waals surface area contributed by atoms with E-state index in [-0.39, 0.29) is 6.42 Å². The van der Waals surface area contributed by atoms with Gasteiger partial charge in [0.15, 0.2) is 0 Å². The molecular weight excluding hydrogens is 194 g/mol. The predicted molar refractivity (Wildman–Crippen MR) is 56.6 cm³/mol. The Balaban J connectivity index is 0.000000162. The Morgan fingerprint density at radius 2 is 2.13 bits per heavy atom. The van der Waals surface area contributed by atoms with E-state index in [9.17, 15) is 4.79 Å². The molecule has 1 fully saturated rings. The number of piperidine rings is 1. The number of aliphatic carboxylic acids is 1. The van der Waals surface area contributed by atoms with E-state index in [1.165, 1.54) is 38.5 Å². The zero-order chi connectivity index (χ0) is 10.9. The second kappa shape index (κ2) is 7.00. The number of carbonyl (C=O) groups is 1. The van der Waals surface area contributed by atoms with Crippen LogP contribution in [0.1, 0.15) is 25.1 Å². The van der Waals surface area contributed by atoms with Crippen LogP contribution >= 0.6 is 0 Å². The number of hydrogen-bond donors (Lipinski definition) is 3. The van der Waals surface area contributed by atoms with Gasteiger partial charge in [0, 0.05) is 12.4 Å². The molecule has 2 rings (SSSR count). The van der Waals surface area contributed by atoms with E-state index in [0.29, 0.717) is 5.82 Å². The minimum atomic E-state index is -0.870. The summed E-state index contributed by atoms with van der Waals surface area (Å²) in [6.07, 6.45) is 7.30. The van der Waals surface area contributed by atoms with Crippen molar-refractivity contribution in [3.05, 3.63) is 18.2 Å². The summed E-state index contributed by atoms with van der Waals surface area (Å²) in [6, 6.07) is 0. The second-order valence-electron chi connectivity index (χ2n) is 3.42. The zero-order valence-electron chi connectivity index (χ0n) is 8.70. The molecule has 1 saturated heterocycles. The third-order valence-corrected chi connectivity index (χ3v) is 2.08. The van der Waals surface area contributed by atoms with Crippen molar-refractivity contribution in [3.63, 3.8) is 0 Å². The van der Waals surface area contributed by atoms with Crippen LogP contribution in [-0.4, -0.2) is 34.1 Å². The van der Waals surface area contributed by atoms with E-state index in [0.717, 1.165) is 0 Å². The molecule has 5 heteroatoms. The Kier molecular flexibility index (Phi) is 5.47. The summed E-state index contributed by atoms with van der Waals surface area (Å²) in [4.78, 5) is 16.4. The summed E-state index contributed by atoms with van der Waals surface area (Å²) in [5, 5.41) is 11.5. The average Bonchev–Trinajstić information content (AvgIpc) is 2.73. The number of aromatic amines is 1. The molecule has 0 atom stereocenters. The van der Waals surface area contributed by atoms with Crippen molar-refractivity contribution in [1.82, 2.24) is 15.3 Å². The molecule has 3 N–H and O–H groups in total. The van der Waals surface area contributed by atoms with Crippen molar-refractivity contribution in [2.45, 2.75) is 25.7 Å². The van der Waals surface area contributed by atoms with E-state index >= 15 is 0 Å². The quantitative estimate of drug-likeness (QED) is 0.676. The van der Waals surface area contributed by atoms with Crippen molar-refractivity contribution in [2.75, 3.05) is 13.1 Å². The van der Waals surface area contributed by atoms with Crippen molar-refractivity contribution < 1.29 is 9.90 Å². The van der Waals surface area contributed by atoms with Crippen LogP contribution in [-0.2, 0) is 11.2 Å². The molecule has 15 heavy (non-hydrogen) atoms. The third-order valence-electron chi connectivity index (χ3n) is 2.08. The van der Waals surface area contributed by atoms with Crippen LogP contribution in [0.4, 0.5) is 0 Å². The summed E-state index contributed by atoms with van der Waals surface area (Å²) in [7, 11) is 0. The van der Waals surface area contributed by atoms with Gasteiger partial charge in [-0.15, -0.1) is 0 Å². The van der Waals surface area contributed by atoms with Gasteiger partial charge in [-0.2, -0.15) is 0 Å². The van der Waals surface area contributed by atoms with Crippen LogP contribution in [0.3, 0.4) is 0 Å². The largest absolute Gasteiger partial charge is 0.481 e. The topological polar surface area (TPSA) is 78.0 Å². The number of hydrogen-bond acceptors (Lipinski definition) is 3. The molecular formula is C10H17N3O2. The van der Waals surface area contributed by atoms with E-state index < -0.39 is 5.97 Å². The fourth-order valence-corrected chi connectivity index (χ4v) is 1.34. The van der Waals surface area contributed by atoms with Crippen molar-refractivity contribution in [2.24, 2.45) is 0 Å². The number of rotatable bonds is 2. The summed E-state index contributed by atoms with van der Waals surface area (Å²) in [5.74, 6) is -0.382. The van der Waals surface area contributed by atoms with Gasteiger partial charge < -0.3 is 15.4 Å². The van der Waals surface area contributed by atoms with Gasteiger partial charge in [0.05, 0.1) is 0 Å². The third kappa shape index (κ3) is 5.85. The van der Waals surface area contributed by atoms with Gasteiger partial charge in [-0.3, -0.25) is 4.79 Å². The van der Waals surface area contributed by atoms with Crippen LogP contribution < -0.4 is 5.32 Å². The Hall–Kier alpha value is -1.36. The molecule has 0 aliphatic carbocycles. The maximum absolute atomic E-state index is 10.0. The molecule has 5 nitrogen and oxygen atoms in total. The highest BCUT2D eigenvalue weighted by atomic mass is 16.4. The van der Waals surface area contributed by atoms with Gasteiger partial charge in [-0.05, 0) is 25.9 Å². The normalized spacial score (nSPS) is 15.2. The lowest BCUT2D eigenvalue weighted by atomic mass is 10.2. The lowest BCUT2D eigenvalue weighted by molar-refractivity contribution is -0.136. The number of nitrogens with one attached hydrogen (secondary N) is 2. The predicted octanol–water partition coefficient (Wildman–Crippen LogP) is 0.797. The van der Waals surface area contributed by atoms with Gasteiger partial charge in [0.25, 0.3) is 0 Å². The SMILES string of the molecule is C1CCNCC1.O=C(O)Cc1ncc[nH]1. The number of nitrogens with zero attached hydrogens (tertiary/aromatic N) is 1. The molecule has 84 valence electrons. The van der Waals surface area contributed by atoms with E-state index in [4.69, 9.17) is 5.11 Å². The minimum Gasteiger partial charge on any atom is -0.481 e. The lowest BCUT2D eigenvalue weighted by Gasteiger charge is -2.08. The molecule has 0 radical (unpaired) electrons. The number of carboxylic acid groups (broad SMARTS) is 1. The lowest BCUT2D eigenvalue weighted by Crippen LogP contribution is -2.21. The molecule has 1 aromatic heterocycles. The Labute approximate surface area is 88.9 Å². The highest BCUT2D eigenvalue weighted by Crippen LogP contribution is 1.96. The first kappa shape index (κ1) is 11.7. The molecule has 1 aliphatic heterocycles. The first-order valence-corrected chi connectivity index (χ1v) is 5.20. The number of carboxylic acids is 1. The van der Waals surface area contributed by atoms with Crippen molar-refractivity contribution >= 4 is 5.97 Å². The van der Waals surface area contributed by atoms with Crippen LogP contribution in [0.2, 0.25) is 0 Å². The monoisotopic (exact) mass is 211 g/mol. The van der Waals surface area contributed by atoms with Crippen LogP contribution in [0.15, 0.2) is 12.4 Å². The van der Waals surface area contributed by atoms with Gasteiger partial charge in [0.1, 0.15) is 12.2 Å². The fourth-order valence-electron chi connectivity index (χ4n) is 1.34. The standard InChI is InChI=1S/C5H6N2O2.C5H11N/c8-5(9)3-4-6-1-2-7-4;1-2-4-6-5-3-1/h1-2H,3H2,(H,6,7)(H,8,9);6H,1-5H2. The van der Waals surface area contributed by atoms with Crippen LogP contribution in [0.5, 0.6) is 0 Å². The zero-order valence-corrected chi connectivity index (χ0v) is 8.70. The first-order chi connectivity index (χ1) is 7.29. The molecule has 1 aromatic rings. The molecule has 2 heterocycles. The molecule has 1 aliphatic rings. The molecule has 0 aromatic carbocycles. The number of imidazole rings is 1. The minimum absolute atomic E-state index is 0.0347. The van der Waals surface area contributed by atoms with Crippen LogP contribution in [0.25, 0.3) is 0 Å². The van der Waals surface area contributed by atoms with E-state index in [2.05, 4.69) is 15.3 Å². The summed E-state index contributed by atoms with van der Waals surface area (Å²) >= 11 is 0.